The molecule has 16 heteroatoms. The first kappa shape index (κ1) is 28.0. The summed E-state index contributed by atoms with van der Waals surface area (Å²) in [5, 5.41) is 41.5. The Morgan fingerprint density at radius 2 is 1.61 bits per heavy atom. The molecule has 33 heavy (non-hydrogen) atoms. The molecule has 0 aromatic carbocycles. The lowest BCUT2D eigenvalue weighted by Crippen LogP contribution is -2.51. The molecule has 0 spiro atoms. The quantitative estimate of drug-likeness (QED) is 0.0946. The minimum atomic E-state index is -1.47. The zero-order valence-electron chi connectivity index (χ0n) is 17.5. The van der Waals surface area contributed by atoms with Gasteiger partial charge in [0.25, 0.3) is 0 Å². The van der Waals surface area contributed by atoms with E-state index in [1.165, 1.54) is 4.68 Å². The summed E-state index contributed by atoms with van der Waals surface area (Å²) in [5.41, 5.74) is 6.23. The van der Waals surface area contributed by atoms with Crippen molar-refractivity contribution in [2.24, 2.45) is 5.73 Å². The van der Waals surface area contributed by atoms with Crippen LogP contribution in [0.1, 0.15) is 37.8 Å². The van der Waals surface area contributed by atoms with Crippen molar-refractivity contribution in [2.75, 3.05) is 6.54 Å². The second kappa shape index (κ2) is 14.2. The van der Waals surface area contributed by atoms with Crippen molar-refractivity contribution in [1.29, 1.82) is 0 Å². The number of halogens is 1. The fourth-order valence-corrected chi connectivity index (χ4v) is 3.26. The summed E-state index contributed by atoms with van der Waals surface area (Å²) in [6.45, 7) is 0.383. The molecule has 0 aliphatic rings. The Hall–Kier alpha value is -3.02. The number of hydrogen-bond acceptors (Lipinski definition) is 8. The fourth-order valence-electron chi connectivity index (χ4n) is 2.66. The second-order valence-electron chi connectivity index (χ2n) is 6.87. The average molecular weight is 583 g/mol. The maximum absolute atomic E-state index is 12.0. The van der Waals surface area contributed by atoms with Gasteiger partial charge in [-0.3, -0.25) is 9.59 Å². The molecule has 1 heterocycles. The van der Waals surface area contributed by atoms with Gasteiger partial charge in [0.1, 0.15) is 22.3 Å². The predicted octanol–water partition coefficient (Wildman–Crippen LogP) is -1.30. The lowest BCUT2D eigenvalue weighted by atomic mass is 10.1. The summed E-state index contributed by atoms with van der Waals surface area (Å²) < 4.78 is 2.00. The van der Waals surface area contributed by atoms with E-state index in [9.17, 15) is 29.1 Å². The van der Waals surface area contributed by atoms with Crippen LogP contribution in [-0.4, -0.2) is 78.8 Å². The number of nitrogens with two attached hydrogens (primary N) is 1. The van der Waals surface area contributed by atoms with Crippen LogP contribution in [0.4, 0.5) is 4.79 Å². The highest BCUT2D eigenvalue weighted by Crippen LogP contribution is 2.07. The molecule has 3 amide bonds. The minimum absolute atomic E-state index is 0.0318. The summed E-state index contributed by atoms with van der Waals surface area (Å²) in [7, 11) is 0. The third kappa shape index (κ3) is 10.4. The Kier molecular flexibility index (Phi) is 12.0. The first-order valence-electron chi connectivity index (χ1n) is 9.84. The standard InChI is InChI=1S/C17H26IN7O8/c18-14-11(7-19)25(24-23-14)8-12(26)20-6-2-1-3-9(15(29)30)21-17(33)22-10(16(31)32)4-5-13(27)28/h9-10H,1-8,19H2,(H,20,26)(H,27,28)(H,29,30)(H,31,32)(H2,21,22,33)/t9-,10-/m1/s1. The Balaban J connectivity index is 2.40. The van der Waals surface area contributed by atoms with E-state index in [0.29, 0.717) is 22.2 Å². The summed E-state index contributed by atoms with van der Waals surface area (Å²) >= 11 is 1.96. The summed E-state index contributed by atoms with van der Waals surface area (Å²) in [5.74, 6) is -4.30. The lowest BCUT2D eigenvalue weighted by Gasteiger charge is -2.18. The molecule has 1 aromatic rings. The monoisotopic (exact) mass is 583 g/mol. The van der Waals surface area contributed by atoms with Crippen LogP contribution in [0.5, 0.6) is 0 Å². The minimum Gasteiger partial charge on any atom is -0.481 e. The Morgan fingerprint density at radius 1 is 1.00 bits per heavy atom. The van der Waals surface area contributed by atoms with Crippen molar-refractivity contribution in [3.63, 3.8) is 0 Å². The van der Waals surface area contributed by atoms with Crippen molar-refractivity contribution in [3.05, 3.63) is 9.39 Å². The molecule has 1 rings (SSSR count). The molecule has 0 bridgehead atoms. The molecule has 0 radical (unpaired) electrons. The van der Waals surface area contributed by atoms with Crippen LogP contribution in [0, 0.1) is 3.70 Å². The summed E-state index contributed by atoms with van der Waals surface area (Å²) in [6.07, 6.45) is -0.0306. The van der Waals surface area contributed by atoms with Crippen LogP contribution in [0.3, 0.4) is 0 Å². The van der Waals surface area contributed by atoms with Crippen LogP contribution >= 0.6 is 22.6 Å². The van der Waals surface area contributed by atoms with Gasteiger partial charge in [-0.2, -0.15) is 0 Å². The number of hydrogen-bond donors (Lipinski definition) is 7. The number of amides is 3. The van der Waals surface area contributed by atoms with Gasteiger partial charge in [-0.1, -0.05) is 5.21 Å². The highest BCUT2D eigenvalue weighted by atomic mass is 127. The van der Waals surface area contributed by atoms with Crippen LogP contribution < -0.4 is 21.7 Å². The molecule has 0 fully saturated rings. The molecule has 184 valence electrons. The van der Waals surface area contributed by atoms with Gasteiger partial charge in [-0.15, -0.1) is 5.10 Å². The number of carboxylic acid groups (broad SMARTS) is 3. The van der Waals surface area contributed by atoms with Crippen molar-refractivity contribution >= 4 is 52.4 Å². The molecular formula is C17H26IN7O8. The van der Waals surface area contributed by atoms with E-state index >= 15 is 0 Å². The number of aliphatic carboxylic acids is 3. The topological polar surface area (TPSA) is 239 Å². The van der Waals surface area contributed by atoms with Gasteiger partial charge < -0.3 is 37.0 Å². The van der Waals surface area contributed by atoms with Crippen molar-refractivity contribution < 1.29 is 39.3 Å². The molecule has 0 saturated carbocycles. The molecule has 1 aromatic heterocycles. The van der Waals surface area contributed by atoms with Gasteiger partial charge in [0.2, 0.25) is 5.91 Å². The Morgan fingerprint density at radius 3 is 2.15 bits per heavy atom. The highest BCUT2D eigenvalue weighted by Gasteiger charge is 2.24. The third-order valence-corrected chi connectivity index (χ3v) is 5.21. The molecule has 8 N–H and O–H groups in total. The van der Waals surface area contributed by atoms with Gasteiger partial charge >= 0.3 is 23.9 Å². The number of carbonyl (C=O) groups excluding carboxylic acids is 2. The Bertz CT molecular complexity index is 862. The first-order chi connectivity index (χ1) is 15.5. The number of rotatable bonds is 15. The molecule has 15 nitrogen and oxygen atoms in total. The second-order valence-corrected chi connectivity index (χ2v) is 7.89. The number of aromatic nitrogens is 3. The van der Waals surface area contributed by atoms with E-state index < -0.39 is 42.4 Å². The SMILES string of the molecule is NCc1c(I)nnn1CC(=O)NCCCC[C@@H](NC(=O)N[C@H](CCC(=O)O)C(=O)O)C(=O)O. The van der Waals surface area contributed by atoms with Crippen LogP contribution in [-0.2, 0) is 32.3 Å². The number of nitrogens with one attached hydrogen (secondary N) is 3. The van der Waals surface area contributed by atoms with Crippen LogP contribution in [0.15, 0.2) is 0 Å². The highest BCUT2D eigenvalue weighted by molar-refractivity contribution is 14.1. The molecule has 0 aliphatic heterocycles. The van der Waals surface area contributed by atoms with Gasteiger partial charge in [0, 0.05) is 19.5 Å². The van der Waals surface area contributed by atoms with Gasteiger partial charge in [-0.05, 0) is 48.3 Å². The van der Waals surface area contributed by atoms with E-state index in [0.717, 1.165) is 0 Å². The summed E-state index contributed by atoms with van der Waals surface area (Å²) in [6, 6.07) is -3.80. The number of carbonyl (C=O) groups is 5. The van der Waals surface area contributed by atoms with E-state index in [1.54, 1.807) is 0 Å². The maximum Gasteiger partial charge on any atom is 0.326 e. The van der Waals surface area contributed by atoms with Gasteiger partial charge in [-0.25, -0.2) is 19.1 Å². The number of carboxylic acids is 3. The van der Waals surface area contributed by atoms with E-state index in [4.69, 9.17) is 15.9 Å². The molecule has 2 atom stereocenters. The smallest absolute Gasteiger partial charge is 0.326 e. The number of urea groups is 1. The normalized spacial score (nSPS) is 12.4. The summed E-state index contributed by atoms with van der Waals surface area (Å²) in [4.78, 5) is 57.0. The average Bonchev–Trinajstić information content (AvgIpc) is 3.08. The fraction of sp³-hybridized carbons (Fsp3) is 0.588. The first-order valence-corrected chi connectivity index (χ1v) is 10.9. The van der Waals surface area contributed by atoms with E-state index in [2.05, 4.69) is 26.3 Å². The predicted molar refractivity (Wildman–Crippen MR) is 119 cm³/mol. The molecule has 0 saturated heterocycles. The van der Waals surface area contributed by atoms with Crippen molar-refractivity contribution in [3.8, 4) is 0 Å². The lowest BCUT2D eigenvalue weighted by molar-refractivity contribution is -0.140. The third-order valence-electron chi connectivity index (χ3n) is 4.37. The molecular weight excluding hydrogens is 557 g/mol. The van der Waals surface area contributed by atoms with Crippen molar-refractivity contribution in [2.45, 2.75) is 57.3 Å². The molecule has 0 aliphatic carbocycles. The van der Waals surface area contributed by atoms with Crippen LogP contribution in [0.25, 0.3) is 0 Å². The zero-order valence-corrected chi connectivity index (χ0v) is 19.6. The van der Waals surface area contributed by atoms with Crippen molar-refractivity contribution in [1.82, 2.24) is 30.9 Å². The Labute approximate surface area is 201 Å². The zero-order chi connectivity index (χ0) is 25.0. The number of unbranched alkanes of at least 4 members (excludes halogenated alkanes) is 1. The largest absolute Gasteiger partial charge is 0.481 e. The molecule has 0 unspecified atom stereocenters. The van der Waals surface area contributed by atoms with E-state index in [-0.39, 0.29) is 38.4 Å². The number of nitrogens with zero attached hydrogens (tertiary/aromatic N) is 3. The van der Waals surface area contributed by atoms with Crippen LogP contribution in [0.2, 0.25) is 0 Å². The van der Waals surface area contributed by atoms with Gasteiger partial charge in [0.15, 0.2) is 0 Å². The maximum atomic E-state index is 12.0. The van der Waals surface area contributed by atoms with Gasteiger partial charge in [0.05, 0.1) is 5.69 Å². The van der Waals surface area contributed by atoms with E-state index in [1.807, 2.05) is 22.6 Å².